The third-order valence-corrected chi connectivity index (χ3v) is 6.20. The molecule has 3 heterocycles. The zero-order valence-corrected chi connectivity index (χ0v) is 18.5. The molecule has 168 valence electrons. The van der Waals surface area contributed by atoms with Crippen LogP contribution in [0.25, 0.3) is 22.5 Å². The van der Waals surface area contributed by atoms with E-state index in [1.54, 1.807) is 0 Å². The highest BCUT2D eigenvalue weighted by molar-refractivity contribution is 5.77. The second-order valence-electron chi connectivity index (χ2n) is 8.56. The molecule has 8 heteroatoms. The van der Waals surface area contributed by atoms with Crippen molar-refractivity contribution in [2.45, 2.75) is 32.4 Å². The van der Waals surface area contributed by atoms with Crippen molar-refractivity contribution in [3.63, 3.8) is 0 Å². The summed E-state index contributed by atoms with van der Waals surface area (Å²) in [6.45, 7) is 4.65. The van der Waals surface area contributed by atoms with Crippen molar-refractivity contribution in [2.24, 2.45) is 0 Å². The molecule has 0 radical (unpaired) electrons. The minimum atomic E-state index is -0.464. The molecule has 0 spiro atoms. The zero-order valence-electron chi connectivity index (χ0n) is 18.5. The van der Waals surface area contributed by atoms with Gasteiger partial charge in [0.15, 0.2) is 0 Å². The monoisotopic (exact) mass is 442 g/mol. The number of hydrogen-bond acceptors (Lipinski definition) is 5. The fourth-order valence-corrected chi connectivity index (χ4v) is 4.52. The van der Waals surface area contributed by atoms with Crippen LogP contribution in [0.4, 0.5) is 0 Å². The van der Waals surface area contributed by atoms with E-state index in [9.17, 15) is 9.59 Å². The van der Waals surface area contributed by atoms with Gasteiger partial charge in [0.05, 0.1) is 0 Å². The number of piperidine rings is 1. The summed E-state index contributed by atoms with van der Waals surface area (Å²) in [5.74, 6) is 0. The number of nitrogens with one attached hydrogen (secondary N) is 2. The average Bonchev–Trinajstić information content (AvgIpc) is 3.18. The van der Waals surface area contributed by atoms with Crippen molar-refractivity contribution in [2.75, 3.05) is 13.1 Å². The summed E-state index contributed by atoms with van der Waals surface area (Å²) >= 11 is 0. The van der Waals surface area contributed by atoms with E-state index in [4.69, 9.17) is 0 Å². The van der Waals surface area contributed by atoms with E-state index < -0.39 is 5.69 Å². The number of nitrogens with zero attached hydrogens (tertiary/aromatic N) is 4. The highest BCUT2D eigenvalue weighted by Gasteiger charge is 2.22. The van der Waals surface area contributed by atoms with E-state index in [2.05, 4.69) is 37.2 Å². The summed E-state index contributed by atoms with van der Waals surface area (Å²) in [7, 11) is 0. The normalized spacial score (nSPS) is 15.1. The first kappa shape index (κ1) is 21.1. The number of rotatable bonds is 5. The second-order valence-corrected chi connectivity index (χ2v) is 8.56. The van der Waals surface area contributed by atoms with Crippen LogP contribution < -0.4 is 11.4 Å². The van der Waals surface area contributed by atoms with Crippen molar-refractivity contribution in [3.05, 3.63) is 93.0 Å². The Balaban J connectivity index is 1.29. The molecule has 2 N–H and O–H groups in total. The van der Waals surface area contributed by atoms with Gasteiger partial charge in [0.25, 0.3) is 0 Å². The van der Waals surface area contributed by atoms with Gasteiger partial charge in [0, 0.05) is 48.7 Å². The quantitative estimate of drug-likeness (QED) is 0.495. The molecule has 1 saturated heterocycles. The fraction of sp³-hybridized carbons (Fsp3) is 0.280. The van der Waals surface area contributed by atoms with Crippen LogP contribution in [0, 0.1) is 6.92 Å². The highest BCUT2D eigenvalue weighted by Crippen LogP contribution is 2.28. The topological polar surface area (TPSA) is 99.7 Å². The summed E-state index contributed by atoms with van der Waals surface area (Å²) in [5, 5.41) is 6.69. The lowest BCUT2D eigenvalue weighted by atomic mass is 10.0. The molecular formula is C25H26N6O2. The lowest BCUT2D eigenvalue weighted by molar-refractivity contribution is 0.178. The molecule has 2 aromatic heterocycles. The molecule has 4 aromatic rings. The first-order valence-electron chi connectivity index (χ1n) is 11.2. The van der Waals surface area contributed by atoms with Crippen LogP contribution >= 0.6 is 0 Å². The molecule has 0 aliphatic carbocycles. The number of likely N-dealkylation sites (tertiary alicyclic amines) is 1. The third-order valence-electron chi connectivity index (χ3n) is 6.20. The van der Waals surface area contributed by atoms with E-state index in [0.717, 1.165) is 49.3 Å². The minimum Gasteiger partial charge on any atom is -0.310 e. The van der Waals surface area contributed by atoms with Gasteiger partial charge in [0.2, 0.25) is 0 Å². The Bertz CT molecular complexity index is 1350. The van der Waals surface area contributed by atoms with E-state index >= 15 is 0 Å². The Morgan fingerprint density at radius 1 is 0.939 bits per heavy atom. The van der Waals surface area contributed by atoms with Crippen LogP contribution in [-0.4, -0.2) is 42.7 Å². The van der Waals surface area contributed by atoms with Crippen molar-refractivity contribution in [3.8, 4) is 22.5 Å². The van der Waals surface area contributed by atoms with Crippen LogP contribution in [0.3, 0.4) is 0 Å². The van der Waals surface area contributed by atoms with Gasteiger partial charge in [-0.25, -0.2) is 14.7 Å². The van der Waals surface area contributed by atoms with Gasteiger partial charge in [-0.3, -0.25) is 9.47 Å². The Kier molecular flexibility index (Phi) is 5.75. The number of aromatic nitrogens is 5. The summed E-state index contributed by atoms with van der Waals surface area (Å²) < 4.78 is 1.84. The van der Waals surface area contributed by atoms with Gasteiger partial charge in [-0.2, -0.15) is 10.1 Å². The second kappa shape index (κ2) is 8.99. The van der Waals surface area contributed by atoms with Crippen molar-refractivity contribution < 1.29 is 0 Å². The SMILES string of the molecule is Cc1cn(C2CCN(Cc3ccc(-c4nc(=O)[nH]nc4-c4ccccc4)cc3)CC2)c(=O)[nH]1. The first-order chi connectivity index (χ1) is 16.1. The van der Waals surface area contributed by atoms with Crippen LogP contribution in [0.5, 0.6) is 0 Å². The smallest absolute Gasteiger partial charge is 0.310 e. The summed E-state index contributed by atoms with van der Waals surface area (Å²) in [6.07, 6.45) is 3.83. The fourth-order valence-electron chi connectivity index (χ4n) is 4.52. The van der Waals surface area contributed by atoms with Crippen LogP contribution in [0.2, 0.25) is 0 Å². The predicted octanol–water partition coefficient (Wildman–Crippen LogP) is 3.13. The molecule has 33 heavy (non-hydrogen) atoms. The average molecular weight is 443 g/mol. The van der Waals surface area contributed by atoms with Gasteiger partial charge in [0.1, 0.15) is 11.4 Å². The largest absolute Gasteiger partial charge is 0.361 e. The number of imidazole rings is 1. The van der Waals surface area contributed by atoms with E-state index in [1.165, 1.54) is 5.56 Å². The van der Waals surface area contributed by atoms with Crippen LogP contribution in [0.1, 0.15) is 30.1 Å². The van der Waals surface area contributed by atoms with Gasteiger partial charge in [-0.05, 0) is 25.3 Å². The molecule has 1 aliphatic rings. The van der Waals surface area contributed by atoms with Crippen LogP contribution in [0.15, 0.2) is 70.4 Å². The summed E-state index contributed by atoms with van der Waals surface area (Å²) in [6, 6.07) is 18.1. The Morgan fingerprint density at radius 2 is 1.64 bits per heavy atom. The number of benzene rings is 2. The molecule has 5 rings (SSSR count). The third kappa shape index (κ3) is 4.56. The van der Waals surface area contributed by atoms with Gasteiger partial charge in [-0.1, -0.05) is 54.6 Å². The molecule has 0 saturated carbocycles. The van der Waals surface area contributed by atoms with E-state index in [-0.39, 0.29) is 11.7 Å². The van der Waals surface area contributed by atoms with Gasteiger partial charge >= 0.3 is 11.4 Å². The molecule has 0 bridgehead atoms. The van der Waals surface area contributed by atoms with Crippen molar-refractivity contribution in [1.29, 1.82) is 0 Å². The van der Waals surface area contributed by atoms with Crippen LogP contribution in [-0.2, 0) is 6.54 Å². The van der Waals surface area contributed by atoms with E-state index in [1.807, 2.05) is 60.2 Å². The number of aryl methyl sites for hydroxylation is 1. The number of hydrogen-bond donors (Lipinski definition) is 2. The molecular weight excluding hydrogens is 416 g/mol. The Hall–Kier alpha value is -3.78. The molecule has 1 aliphatic heterocycles. The van der Waals surface area contributed by atoms with Gasteiger partial charge < -0.3 is 4.98 Å². The Morgan fingerprint density at radius 3 is 2.30 bits per heavy atom. The summed E-state index contributed by atoms with van der Waals surface area (Å²) in [5.41, 5.74) is 4.61. The number of aromatic amines is 2. The highest BCUT2D eigenvalue weighted by atomic mass is 16.1. The minimum absolute atomic E-state index is 0.0146. The first-order valence-corrected chi connectivity index (χ1v) is 11.2. The maximum Gasteiger partial charge on any atom is 0.361 e. The predicted molar refractivity (Wildman–Crippen MR) is 127 cm³/mol. The molecule has 8 nitrogen and oxygen atoms in total. The van der Waals surface area contributed by atoms with Gasteiger partial charge in [-0.15, -0.1) is 0 Å². The standard InChI is InChI=1S/C25H26N6O2/c1-17-15-31(25(33)26-17)21-11-13-30(14-12-21)16-18-7-9-20(10-8-18)22-23(28-29-24(32)27-22)19-5-3-2-4-6-19/h2-10,15,21H,11-14,16H2,1H3,(H,26,33)(H,27,29,32). The lowest BCUT2D eigenvalue weighted by Crippen LogP contribution is -2.36. The van der Waals surface area contributed by atoms with Crippen molar-refractivity contribution in [1.82, 2.24) is 29.6 Å². The zero-order chi connectivity index (χ0) is 22.8. The van der Waals surface area contributed by atoms with Crippen molar-refractivity contribution >= 4 is 0 Å². The molecule has 0 amide bonds. The Labute approximate surface area is 191 Å². The summed E-state index contributed by atoms with van der Waals surface area (Å²) in [4.78, 5) is 33.4. The van der Waals surface area contributed by atoms with E-state index in [0.29, 0.717) is 11.4 Å². The molecule has 2 aromatic carbocycles. The molecule has 1 fully saturated rings. The maximum absolute atomic E-state index is 12.1. The molecule has 0 unspecified atom stereocenters. The lowest BCUT2D eigenvalue weighted by Gasteiger charge is -2.32. The maximum atomic E-state index is 12.1. The number of H-pyrrole nitrogens is 2. The molecule has 0 atom stereocenters.